The van der Waals surface area contributed by atoms with Gasteiger partial charge in [-0.1, -0.05) is 636 Å². The summed E-state index contributed by atoms with van der Waals surface area (Å²) in [6.07, 6.45) is 146. The van der Waals surface area contributed by atoms with E-state index in [1.165, 1.54) is 629 Å². The first-order valence-electron chi connectivity index (χ1n) is 51.3. The molecule has 0 rings (SSSR count). The van der Waals surface area contributed by atoms with Crippen LogP contribution < -0.4 is 0 Å². The second-order valence-corrected chi connectivity index (χ2v) is 36.9. The highest BCUT2D eigenvalue weighted by molar-refractivity contribution is 4.65. The Labute approximate surface area is 663 Å². The van der Waals surface area contributed by atoms with E-state index in [2.05, 4.69) is 6.92 Å². The van der Waals surface area contributed by atoms with Gasteiger partial charge in [0.1, 0.15) is 0 Å². The van der Waals surface area contributed by atoms with E-state index in [0.717, 1.165) is 6.42 Å². The molecule has 0 amide bonds. The van der Waals surface area contributed by atoms with Crippen LogP contribution in [0, 0.1) is 0 Å². The third kappa shape index (κ3) is 102. The first-order valence-corrected chi connectivity index (χ1v) is 51.3. The van der Waals surface area contributed by atoms with Gasteiger partial charge in [0.05, 0.1) is 5.60 Å². The molecule has 0 aliphatic heterocycles. The number of hydrogen-bond donors (Lipinski definition) is 1. The van der Waals surface area contributed by atoms with Crippen LogP contribution in [-0.2, 0) is 0 Å². The van der Waals surface area contributed by atoms with E-state index in [1.54, 1.807) is 0 Å². The average Bonchev–Trinajstić information content (AvgIpc) is 1.85. The van der Waals surface area contributed by atoms with E-state index in [-0.39, 0.29) is 0 Å². The zero-order valence-electron chi connectivity index (χ0n) is 74.0. The van der Waals surface area contributed by atoms with Crippen LogP contribution in [0.3, 0.4) is 0 Å². The van der Waals surface area contributed by atoms with Crippen molar-refractivity contribution in [1.82, 2.24) is 0 Å². The summed E-state index contributed by atoms with van der Waals surface area (Å²) < 4.78 is 0. The molecule has 0 saturated heterocycles. The molecule has 0 fully saturated rings. The van der Waals surface area contributed by atoms with Crippen LogP contribution in [-0.4, -0.2) is 10.7 Å². The van der Waals surface area contributed by atoms with Gasteiger partial charge in [0.25, 0.3) is 0 Å². The highest BCUT2D eigenvalue weighted by atomic mass is 16.3. The summed E-state index contributed by atoms with van der Waals surface area (Å²) in [6, 6.07) is 0. The van der Waals surface area contributed by atoms with Crippen molar-refractivity contribution in [2.45, 2.75) is 662 Å². The van der Waals surface area contributed by atoms with Gasteiger partial charge in [-0.05, 0) is 20.3 Å². The van der Waals surface area contributed by atoms with Gasteiger partial charge >= 0.3 is 0 Å². The number of aliphatic hydroxyl groups is 1. The predicted molar refractivity (Wildman–Crippen MR) is 479 cm³/mol. The normalized spacial score (nSPS) is 12.0. The third-order valence-corrected chi connectivity index (χ3v) is 25.1. The Bertz CT molecular complexity index is 1410. The van der Waals surface area contributed by atoms with Crippen LogP contribution in [0.5, 0.6) is 0 Å². The van der Waals surface area contributed by atoms with Crippen molar-refractivity contribution in [2.75, 3.05) is 0 Å². The third-order valence-electron chi connectivity index (χ3n) is 25.1. The standard InChI is InChI=1S/C103H208O/c1-4-5-6-7-8-9-10-11-12-13-14-15-16-17-18-19-20-21-22-23-24-25-26-27-28-29-30-31-32-33-34-35-36-37-38-39-40-41-42-43-44-45-46-47-48-49-50-51-52-53-54-55-56-57-58-59-60-61-62-63-64-65-66-67-68-69-70-71-72-73-74-75-76-77-78-79-80-81-82-83-84-85-86-87-88-89-90-91-92-93-94-95-96-97-98-99-100-101-102-103(2,3)104/h104H,4-102H2,1-3H3. The monoisotopic (exact) mass is 1460 g/mol. The Morgan fingerprint density at radius 1 is 0.106 bits per heavy atom. The molecule has 0 heterocycles. The van der Waals surface area contributed by atoms with E-state index in [9.17, 15) is 5.11 Å². The highest BCUT2D eigenvalue weighted by Gasteiger charge is 2.11. The molecule has 0 atom stereocenters. The second-order valence-electron chi connectivity index (χ2n) is 36.9. The summed E-state index contributed by atoms with van der Waals surface area (Å²) in [4.78, 5) is 0. The topological polar surface area (TPSA) is 20.2 Å². The largest absolute Gasteiger partial charge is 0.390 e. The fourth-order valence-corrected chi connectivity index (χ4v) is 17.6. The van der Waals surface area contributed by atoms with Gasteiger partial charge in [-0.15, -0.1) is 0 Å². The van der Waals surface area contributed by atoms with Gasteiger partial charge in [-0.2, -0.15) is 0 Å². The van der Waals surface area contributed by atoms with E-state index < -0.39 is 5.60 Å². The van der Waals surface area contributed by atoms with Crippen LogP contribution in [0.25, 0.3) is 0 Å². The van der Waals surface area contributed by atoms with Crippen LogP contribution >= 0.6 is 0 Å². The smallest absolute Gasteiger partial charge is 0.0591 e. The maximum Gasteiger partial charge on any atom is 0.0591 e. The lowest BCUT2D eigenvalue weighted by atomic mass is 9.99. The first-order chi connectivity index (χ1) is 51.6. The lowest BCUT2D eigenvalue weighted by Crippen LogP contribution is -2.17. The summed E-state index contributed by atoms with van der Waals surface area (Å²) in [6.45, 7) is 6.19. The van der Waals surface area contributed by atoms with Gasteiger partial charge in [0, 0.05) is 0 Å². The van der Waals surface area contributed by atoms with Crippen molar-refractivity contribution in [3.8, 4) is 0 Å². The highest BCUT2D eigenvalue weighted by Crippen LogP contribution is 2.24. The van der Waals surface area contributed by atoms with Gasteiger partial charge < -0.3 is 5.11 Å². The molecule has 0 saturated carbocycles. The Hall–Kier alpha value is -0.0400. The number of unbranched alkanes of at least 4 members (excludes halogenated alkanes) is 97. The van der Waals surface area contributed by atoms with E-state index in [4.69, 9.17) is 0 Å². The molecule has 0 aromatic carbocycles. The Morgan fingerprint density at radius 2 is 0.163 bits per heavy atom. The zero-order chi connectivity index (χ0) is 74.5. The van der Waals surface area contributed by atoms with Crippen LogP contribution in [0.1, 0.15) is 656 Å². The molecule has 1 nitrogen and oxygen atoms in total. The molecule has 0 aromatic heterocycles. The minimum Gasteiger partial charge on any atom is -0.390 e. The molecule has 0 aliphatic rings. The molecule has 1 N–H and O–H groups in total. The van der Waals surface area contributed by atoms with E-state index >= 15 is 0 Å². The van der Waals surface area contributed by atoms with Crippen LogP contribution in [0.15, 0.2) is 0 Å². The Balaban J connectivity index is 3.10. The van der Waals surface area contributed by atoms with Gasteiger partial charge in [0.15, 0.2) is 0 Å². The van der Waals surface area contributed by atoms with Crippen molar-refractivity contribution < 1.29 is 5.11 Å². The maximum absolute atomic E-state index is 9.81. The molecular formula is C103H208O. The lowest BCUT2D eigenvalue weighted by Gasteiger charge is -2.16. The van der Waals surface area contributed by atoms with Crippen molar-refractivity contribution in [3.05, 3.63) is 0 Å². The van der Waals surface area contributed by atoms with Crippen LogP contribution in [0.2, 0.25) is 0 Å². The molecule has 0 spiro atoms. The summed E-state index contributed by atoms with van der Waals surface area (Å²) in [5.74, 6) is 0. The number of hydrogen-bond acceptors (Lipinski definition) is 1. The van der Waals surface area contributed by atoms with Crippen molar-refractivity contribution >= 4 is 0 Å². The molecule has 0 radical (unpaired) electrons. The molecular weight excluding hydrogens is 1250 g/mol. The van der Waals surface area contributed by atoms with E-state index in [0.29, 0.717) is 0 Å². The molecule has 0 aromatic rings. The Morgan fingerprint density at radius 3 is 0.221 bits per heavy atom. The fraction of sp³-hybridized carbons (Fsp3) is 1.00. The molecule has 0 bridgehead atoms. The Kier molecular flexibility index (Phi) is 97.1. The quantitative estimate of drug-likeness (QED) is 0.0602. The summed E-state index contributed by atoms with van der Waals surface area (Å²) in [5, 5.41) is 9.81. The summed E-state index contributed by atoms with van der Waals surface area (Å²) >= 11 is 0. The van der Waals surface area contributed by atoms with Crippen molar-refractivity contribution in [2.24, 2.45) is 0 Å². The molecule has 0 aliphatic carbocycles. The number of rotatable bonds is 99. The minimum atomic E-state index is -0.471. The van der Waals surface area contributed by atoms with Gasteiger partial charge in [-0.25, -0.2) is 0 Å². The minimum absolute atomic E-state index is 0.471. The first kappa shape index (κ1) is 104. The molecule has 1 heteroatoms. The lowest BCUT2D eigenvalue weighted by molar-refractivity contribution is 0.0680. The zero-order valence-corrected chi connectivity index (χ0v) is 74.0. The second kappa shape index (κ2) is 97.2. The van der Waals surface area contributed by atoms with Crippen molar-refractivity contribution in [3.63, 3.8) is 0 Å². The predicted octanol–water partition coefficient (Wildman–Crippen LogP) is 39.4. The summed E-state index contributed by atoms with van der Waals surface area (Å²) in [5.41, 5.74) is -0.471. The average molecular weight is 1460 g/mol. The summed E-state index contributed by atoms with van der Waals surface area (Å²) in [7, 11) is 0. The van der Waals surface area contributed by atoms with Crippen LogP contribution in [0.4, 0.5) is 0 Å². The molecule has 626 valence electrons. The van der Waals surface area contributed by atoms with Crippen molar-refractivity contribution in [1.29, 1.82) is 0 Å². The SMILES string of the molecule is CCCCCCCCCCCCCCCCCCCCCCCCCCCCCCCCCCCCCCCCCCCCCCCCCCCCCCCCCCCCCCCCCCCCCCCCCCCCCCCCCCCCCCCCCCCCCCCCCCCCC(C)(C)O. The van der Waals surface area contributed by atoms with E-state index in [1.807, 2.05) is 13.8 Å². The fourth-order valence-electron chi connectivity index (χ4n) is 17.6. The van der Waals surface area contributed by atoms with Gasteiger partial charge in [-0.3, -0.25) is 0 Å². The van der Waals surface area contributed by atoms with Gasteiger partial charge in [0.2, 0.25) is 0 Å². The molecule has 104 heavy (non-hydrogen) atoms. The molecule has 0 unspecified atom stereocenters. The maximum atomic E-state index is 9.81.